The molecule has 0 radical (unpaired) electrons. The molecular formula is C24H20FNO3S. The summed E-state index contributed by atoms with van der Waals surface area (Å²) in [4.78, 5) is 12.8. The van der Waals surface area contributed by atoms with Gasteiger partial charge in [0.25, 0.3) is 10.0 Å². The number of ketones is 1. The molecule has 4 rings (SSSR count). The van der Waals surface area contributed by atoms with Crippen LogP contribution in [0, 0.1) is 5.82 Å². The average Bonchev–Trinajstić information content (AvgIpc) is 3.14. The maximum Gasteiger partial charge on any atom is 0.271 e. The first-order valence-electron chi connectivity index (χ1n) is 9.56. The molecule has 0 atom stereocenters. The number of fused-ring (bicyclic) bond motifs is 1. The van der Waals surface area contributed by atoms with E-state index in [4.69, 9.17) is 0 Å². The first kappa shape index (κ1) is 20.0. The Morgan fingerprint density at radius 2 is 1.53 bits per heavy atom. The van der Waals surface area contributed by atoms with E-state index >= 15 is 0 Å². The summed E-state index contributed by atoms with van der Waals surface area (Å²) in [5.41, 5.74) is 1.73. The van der Waals surface area contributed by atoms with Crippen molar-refractivity contribution in [3.8, 4) is 0 Å². The van der Waals surface area contributed by atoms with Gasteiger partial charge in [-0.05, 0) is 35.7 Å². The lowest BCUT2D eigenvalue weighted by Crippen LogP contribution is -2.20. The summed E-state index contributed by atoms with van der Waals surface area (Å²) in [6, 6.07) is 20.6. The molecule has 0 aliphatic heterocycles. The molecule has 0 spiro atoms. The smallest absolute Gasteiger partial charge is 0.271 e. The van der Waals surface area contributed by atoms with Gasteiger partial charge in [-0.15, -0.1) is 0 Å². The molecule has 4 aromatic rings. The van der Waals surface area contributed by atoms with Crippen LogP contribution >= 0.6 is 0 Å². The second-order valence-corrected chi connectivity index (χ2v) is 9.15. The summed E-state index contributed by atoms with van der Waals surface area (Å²) >= 11 is 0. The highest BCUT2D eigenvalue weighted by molar-refractivity contribution is 7.90. The Hall–Kier alpha value is -3.25. The van der Waals surface area contributed by atoms with Crippen molar-refractivity contribution in [2.45, 2.75) is 24.7 Å². The summed E-state index contributed by atoms with van der Waals surface area (Å²) < 4.78 is 42.1. The zero-order chi connectivity index (χ0) is 21.5. The molecule has 0 unspecified atom stereocenters. The Bertz CT molecular complexity index is 1350. The molecular weight excluding hydrogens is 401 g/mol. The fourth-order valence-electron chi connectivity index (χ4n) is 3.47. The highest BCUT2D eigenvalue weighted by Gasteiger charge is 2.28. The van der Waals surface area contributed by atoms with Crippen molar-refractivity contribution in [1.29, 1.82) is 0 Å². The minimum atomic E-state index is -4.34. The molecule has 30 heavy (non-hydrogen) atoms. The van der Waals surface area contributed by atoms with Crippen LogP contribution in [0.1, 0.15) is 41.4 Å². The van der Waals surface area contributed by atoms with E-state index in [2.05, 4.69) is 13.8 Å². The van der Waals surface area contributed by atoms with Gasteiger partial charge in [0.05, 0.1) is 5.52 Å². The van der Waals surface area contributed by atoms with Gasteiger partial charge in [-0.2, -0.15) is 0 Å². The minimum Gasteiger partial charge on any atom is -0.287 e. The fraction of sp³-hybridized carbons (Fsp3) is 0.125. The van der Waals surface area contributed by atoms with Crippen LogP contribution in [0.15, 0.2) is 83.8 Å². The van der Waals surface area contributed by atoms with Crippen LogP contribution in [0.5, 0.6) is 0 Å². The number of aromatic nitrogens is 1. The van der Waals surface area contributed by atoms with Gasteiger partial charge in [0.2, 0.25) is 5.78 Å². The van der Waals surface area contributed by atoms with Crippen molar-refractivity contribution in [2.24, 2.45) is 0 Å². The Kier molecular flexibility index (Phi) is 5.03. The van der Waals surface area contributed by atoms with Crippen molar-refractivity contribution in [3.63, 3.8) is 0 Å². The second kappa shape index (κ2) is 7.54. The standard InChI is InChI=1S/C24H20FNO3S/c1-16(2)17-11-13-18(14-12-17)24(27)22-15-19-7-3-5-9-21(19)26(22)30(28,29)23-10-6-4-8-20(23)25/h3-16H,1-2H3. The molecule has 0 aliphatic rings. The van der Waals surface area contributed by atoms with E-state index in [0.29, 0.717) is 22.4 Å². The number of halogens is 1. The molecule has 6 heteroatoms. The van der Waals surface area contributed by atoms with E-state index in [-0.39, 0.29) is 5.69 Å². The van der Waals surface area contributed by atoms with Gasteiger partial charge in [-0.25, -0.2) is 16.8 Å². The SMILES string of the molecule is CC(C)c1ccc(C(=O)c2cc3ccccc3n2S(=O)(=O)c2ccccc2F)cc1. The third-order valence-electron chi connectivity index (χ3n) is 5.09. The number of carbonyl (C=O) groups is 1. The van der Waals surface area contributed by atoms with Gasteiger partial charge in [-0.3, -0.25) is 4.79 Å². The first-order chi connectivity index (χ1) is 14.3. The topological polar surface area (TPSA) is 56.1 Å². The summed E-state index contributed by atoms with van der Waals surface area (Å²) in [6.07, 6.45) is 0. The highest BCUT2D eigenvalue weighted by atomic mass is 32.2. The van der Waals surface area contributed by atoms with Gasteiger partial charge < -0.3 is 0 Å². The number of carbonyl (C=O) groups excluding carboxylic acids is 1. The lowest BCUT2D eigenvalue weighted by Gasteiger charge is -2.12. The minimum absolute atomic E-state index is 0.0308. The van der Waals surface area contributed by atoms with E-state index in [1.54, 1.807) is 36.4 Å². The van der Waals surface area contributed by atoms with Crippen LogP contribution in [0.4, 0.5) is 4.39 Å². The molecule has 4 nitrogen and oxygen atoms in total. The first-order valence-corrected chi connectivity index (χ1v) is 11.0. The van der Waals surface area contributed by atoms with E-state index in [1.807, 2.05) is 12.1 Å². The molecule has 0 aliphatic carbocycles. The molecule has 0 saturated heterocycles. The molecule has 0 amide bonds. The van der Waals surface area contributed by atoms with Gasteiger partial charge in [0.15, 0.2) is 0 Å². The number of nitrogens with zero attached hydrogens (tertiary/aromatic N) is 1. The Morgan fingerprint density at radius 3 is 2.20 bits per heavy atom. The molecule has 1 aromatic heterocycles. The molecule has 0 fully saturated rings. The van der Waals surface area contributed by atoms with Crippen LogP contribution in [-0.2, 0) is 10.0 Å². The maximum absolute atomic E-state index is 14.4. The monoisotopic (exact) mass is 421 g/mol. The van der Waals surface area contributed by atoms with Crippen molar-refractivity contribution in [1.82, 2.24) is 3.97 Å². The number of benzene rings is 3. The van der Waals surface area contributed by atoms with Gasteiger partial charge >= 0.3 is 0 Å². The molecule has 0 bridgehead atoms. The maximum atomic E-state index is 14.4. The third kappa shape index (κ3) is 3.33. The van der Waals surface area contributed by atoms with Crippen molar-refractivity contribution >= 4 is 26.7 Å². The van der Waals surface area contributed by atoms with E-state index in [9.17, 15) is 17.6 Å². The molecule has 0 saturated carbocycles. The third-order valence-corrected chi connectivity index (χ3v) is 6.85. The van der Waals surface area contributed by atoms with Gasteiger partial charge in [0.1, 0.15) is 16.4 Å². The number of hydrogen-bond acceptors (Lipinski definition) is 3. The van der Waals surface area contributed by atoms with Crippen LogP contribution in [0.25, 0.3) is 10.9 Å². The summed E-state index contributed by atoms with van der Waals surface area (Å²) in [6.45, 7) is 4.10. The van der Waals surface area contributed by atoms with Crippen molar-refractivity contribution in [2.75, 3.05) is 0 Å². The number of hydrogen-bond donors (Lipinski definition) is 0. The lowest BCUT2D eigenvalue weighted by molar-refractivity contribution is 0.103. The molecule has 152 valence electrons. The van der Waals surface area contributed by atoms with Crippen molar-refractivity contribution in [3.05, 3.63) is 102 Å². The van der Waals surface area contributed by atoms with E-state index in [1.165, 1.54) is 24.3 Å². The van der Waals surface area contributed by atoms with Crippen LogP contribution < -0.4 is 0 Å². The van der Waals surface area contributed by atoms with Gasteiger partial charge in [-0.1, -0.05) is 68.4 Å². The van der Waals surface area contributed by atoms with Crippen LogP contribution in [0.2, 0.25) is 0 Å². The van der Waals surface area contributed by atoms with E-state index < -0.39 is 26.5 Å². The largest absolute Gasteiger partial charge is 0.287 e. The number of para-hydroxylation sites is 1. The predicted octanol–water partition coefficient (Wildman–Crippen LogP) is 5.37. The second-order valence-electron chi connectivity index (χ2n) is 7.39. The Morgan fingerprint density at radius 1 is 0.900 bits per heavy atom. The quantitative estimate of drug-likeness (QED) is 0.407. The summed E-state index contributed by atoms with van der Waals surface area (Å²) in [5.74, 6) is -1.00. The molecule has 1 heterocycles. The predicted molar refractivity (Wildman–Crippen MR) is 115 cm³/mol. The average molecular weight is 421 g/mol. The molecule has 0 N–H and O–H groups in total. The van der Waals surface area contributed by atoms with Crippen LogP contribution in [0.3, 0.4) is 0 Å². The summed E-state index contributed by atoms with van der Waals surface area (Å²) in [5, 5.41) is 0.583. The zero-order valence-electron chi connectivity index (χ0n) is 16.5. The van der Waals surface area contributed by atoms with Gasteiger partial charge in [0, 0.05) is 10.9 Å². The lowest BCUT2D eigenvalue weighted by atomic mass is 10.00. The molecule has 3 aromatic carbocycles. The van der Waals surface area contributed by atoms with Crippen molar-refractivity contribution < 1.29 is 17.6 Å². The van der Waals surface area contributed by atoms with E-state index in [0.717, 1.165) is 15.6 Å². The normalized spacial score (nSPS) is 11.9. The Balaban J connectivity index is 1.94. The number of rotatable bonds is 5. The van der Waals surface area contributed by atoms with Crippen LogP contribution in [-0.4, -0.2) is 18.2 Å². The fourth-order valence-corrected chi connectivity index (χ4v) is 5.05. The zero-order valence-corrected chi connectivity index (χ0v) is 17.4. The Labute approximate surface area is 174 Å². The summed E-state index contributed by atoms with van der Waals surface area (Å²) in [7, 11) is -4.34. The highest BCUT2D eigenvalue weighted by Crippen LogP contribution is 2.28.